The summed E-state index contributed by atoms with van der Waals surface area (Å²) in [5, 5.41) is 12.7. The Balaban J connectivity index is 1.35. The Morgan fingerprint density at radius 3 is 2.64 bits per heavy atom. The molecule has 5 rings (SSSR count). The van der Waals surface area contributed by atoms with E-state index in [2.05, 4.69) is 25.4 Å². The summed E-state index contributed by atoms with van der Waals surface area (Å²) < 4.78 is 12.8. The van der Waals surface area contributed by atoms with Crippen LogP contribution < -0.4 is 0 Å². The van der Waals surface area contributed by atoms with Crippen molar-refractivity contribution in [2.75, 3.05) is 32.8 Å². The molecule has 1 aliphatic rings. The predicted octanol–water partition coefficient (Wildman–Crippen LogP) is 2.48. The highest BCUT2D eigenvalue weighted by atomic mass is 16.5. The first-order chi connectivity index (χ1) is 13.9. The molecule has 0 bridgehead atoms. The van der Waals surface area contributed by atoms with Gasteiger partial charge in [-0.05, 0) is 30.3 Å². The van der Waals surface area contributed by atoms with Gasteiger partial charge in [0.2, 0.25) is 5.82 Å². The van der Waals surface area contributed by atoms with Crippen molar-refractivity contribution in [3.05, 3.63) is 48.5 Å². The minimum atomic E-state index is 0.505. The Bertz CT molecular complexity index is 1070. The maximum absolute atomic E-state index is 5.41. The first-order valence-electron chi connectivity index (χ1n) is 9.40. The third-order valence-corrected chi connectivity index (χ3v) is 4.95. The van der Waals surface area contributed by atoms with Crippen molar-refractivity contribution in [3.8, 4) is 22.8 Å². The standard InChI is InChI=1S/C20H20N6O2/c1-2-4-15(5-3-1)20-21-19(23-28-20)16-6-7-18-17(14-16)22-24-26(18)9-8-25-10-12-27-13-11-25/h1-7,14H,8-13H2. The van der Waals surface area contributed by atoms with Crippen LogP contribution in [-0.4, -0.2) is 62.9 Å². The van der Waals surface area contributed by atoms with Crippen molar-refractivity contribution in [1.82, 2.24) is 30.0 Å². The first kappa shape index (κ1) is 17.0. The van der Waals surface area contributed by atoms with Crippen molar-refractivity contribution >= 4 is 11.0 Å². The zero-order chi connectivity index (χ0) is 18.8. The lowest BCUT2D eigenvalue weighted by atomic mass is 10.2. The van der Waals surface area contributed by atoms with Gasteiger partial charge in [0.1, 0.15) is 5.52 Å². The molecule has 8 nitrogen and oxygen atoms in total. The summed E-state index contributed by atoms with van der Waals surface area (Å²) in [6.07, 6.45) is 0. The first-order valence-corrected chi connectivity index (χ1v) is 9.40. The van der Waals surface area contributed by atoms with Gasteiger partial charge in [-0.25, -0.2) is 4.68 Å². The van der Waals surface area contributed by atoms with Crippen LogP contribution in [0.3, 0.4) is 0 Å². The molecule has 28 heavy (non-hydrogen) atoms. The molecule has 0 radical (unpaired) electrons. The lowest BCUT2D eigenvalue weighted by Gasteiger charge is -2.26. The zero-order valence-corrected chi connectivity index (χ0v) is 15.4. The van der Waals surface area contributed by atoms with E-state index < -0.39 is 0 Å². The van der Waals surface area contributed by atoms with E-state index in [9.17, 15) is 0 Å². The molecule has 0 unspecified atom stereocenters. The summed E-state index contributed by atoms with van der Waals surface area (Å²) in [5.74, 6) is 1.05. The fourth-order valence-corrected chi connectivity index (χ4v) is 3.38. The summed E-state index contributed by atoms with van der Waals surface area (Å²) >= 11 is 0. The van der Waals surface area contributed by atoms with Crippen molar-refractivity contribution in [2.45, 2.75) is 6.54 Å². The molecule has 2 aromatic carbocycles. The highest BCUT2D eigenvalue weighted by molar-refractivity contribution is 5.80. The van der Waals surface area contributed by atoms with Crippen LogP contribution in [0.15, 0.2) is 53.1 Å². The number of ether oxygens (including phenoxy) is 1. The van der Waals surface area contributed by atoms with Gasteiger partial charge in [0.15, 0.2) is 0 Å². The van der Waals surface area contributed by atoms with E-state index in [0.717, 1.165) is 61.6 Å². The second-order valence-electron chi connectivity index (χ2n) is 6.76. The summed E-state index contributed by atoms with van der Waals surface area (Å²) in [4.78, 5) is 6.90. The molecule has 2 aromatic heterocycles. The quantitative estimate of drug-likeness (QED) is 0.529. The highest BCUT2D eigenvalue weighted by Gasteiger charge is 2.14. The van der Waals surface area contributed by atoms with Crippen LogP contribution in [0.5, 0.6) is 0 Å². The monoisotopic (exact) mass is 376 g/mol. The number of benzene rings is 2. The molecule has 0 saturated carbocycles. The third kappa shape index (κ3) is 3.39. The average molecular weight is 376 g/mol. The Hall–Kier alpha value is -3.10. The van der Waals surface area contributed by atoms with Gasteiger partial charge >= 0.3 is 0 Å². The van der Waals surface area contributed by atoms with Crippen LogP contribution in [0.25, 0.3) is 33.9 Å². The summed E-state index contributed by atoms with van der Waals surface area (Å²) in [7, 11) is 0. The number of morpholine rings is 1. The predicted molar refractivity (Wildman–Crippen MR) is 104 cm³/mol. The van der Waals surface area contributed by atoms with Crippen LogP contribution in [-0.2, 0) is 11.3 Å². The van der Waals surface area contributed by atoms with Crippen molar-refractivity contribution in [2.24, 2.45) is 0 Å². The molecule has 0 spiro atoms. The largest absolute Gasteiger partial charge is 0.379 e. The van der Waals surface area contributed by atoms with Crippen LogP contribution in [0.1, 0.15) is 0 Å². The molecule has 4 aromatic rings. The molecular weight excluding hydrogens is 356 g/mol. The molecule has 142 valence electrons. The van der Waals surface area contributed by atoms with Crippen LogP contribution in [0, 0.1) is 0 Å². The maximum Gasteiger partial charge on any atom is 0.258 e. The van der Waals surface area contributed by atoms with Crippen LogP contribution >= 0.6 is 0 Å². The number of nitrogens with zero attached hydrogens (tertiary/aromatic N) is 6. The molecule has 1 aliphatic heterocycles. The Kier molecular flexibility index (Phi) is 4.56. The molecule has 0 N–H and O–H groups in total. The Labute approximate surface area is 161 Å². The van der Waals surface area contributed by atoms with E-state index >= 15 is 0 Å². The summed E-state index contributed by atoms with van der Waals surface area (Å²) in [6.45, 7) is 5.29. The van der Waals surface area contributed by atoms with Gasteiger partial charge < -0.3 is 9.26 Å². The topological polar surface area (TPSA) is 82.1 Å². The molecule has 1 fully saturated rings. The molecule has 8 heteroatoms. The molecule has 0 aliphatic carbocycles. The van der Waals surface area contributed by atoms with E-state index in [1.165, 1.54) is 0 Å². The van der Waals surface area contributed by atoms with E-state index in [1.54, 1.807) is 0 Å². The average Bonchev–Trinajstić information content (AvgIpc) is 3.41. The second kappa shape index (κ2) is 7.49. The smallest absolute Gasteiger partial charge is 0.258 e. The lowest BCUT2D eigenvalue weighted by Crippen LogP contribution is -2.38. The second-order valence-corrected chi connectivity index (χ2v) is 6.76. The van der Waals surface area contributed by atoms with Gasteiger partial charge in [0.05, 0.1) is 25.3 Å². The number of rotatable bonds is 5. The zero-order valence-electron chi connectivity index (χ0n) is 15.4. The van der Waals surface area contributed by atoms with Crippen molar-refractivity contribution < 1.29 is 9.26 Å². The van der Waals surface area contributed by atoms with Crippen LogP contribution in [0.2, 0.25) is 0 Å². The Morgan fingerprint density at radius 2 is 1.79 bits per heavy atom. The van der Waals surface area contributed by atoms with Gasteiger partial charge in [-0.15, -0.1) is 5.10 Å². The van der Waals surface area contributed by atoms with Crippen molar-refractivity contribution in [1.29, 1.82) is 0 Å². The number of fused-ring (bicyclic) bond motifs is 1. The van der Waals surface area contributed by atoms with Gasteiger partial charge in [-0.3, -0.25) is 4.90 Å². The number of aromatic nitrogens is 5. The highest BCUT2D eigenvalue weighted by Crippen LogP contribution is 2.24. The van der Waals surface area contributed by atoms with Crippen LogP contribution in [0.4, 0.5) is 0 Å². The van der Waals surface area contributed by atoms with Gasteiger partial charge in [-0.1, -0.05) is 28.6 Å². The fourth-order valence-electron chi connectivity index (χ4n) is 3.38. The SMILES string of the molecule is c1ccc(-c2nc(-c3ccc4c(c3)nnn4CCN3CCOCC3)no2)cc1. The Morgan fingerprint density at radius 1 is 0.929 bits per heavy atom. The maximum atomic E-state index is 5.41. The minimum absolute atomic E-state index is 0.505. The van der Waals surface area contributed by atoms with E-state index in [-0.39, 0.29) is 0 Å². The van der Waals surface area contributed by atoms with E-state index in [1.807, 2.05) is 53.2 Å². The third-order valence-electron chi connectivity index (χ3n) is 4.95. The normalized spacial score (nSPS) is 15.3. The summed E-state index contributed by atoms with van der Waals surface area (Å²) in [5.41, 5.74) is 3.59. The van der Waals surface area contributed by atoms with Gasteiger partial charge in [0, 0.05) is 30.8 Å². The minimum Gasteiger partial charge on any atom is -0.379 e. The molecule has 3 heterocycles. The van der Waals surface area contributed by atoms with Crippen molar-refractivity contribution in [3.63, 3.8) is 0 Å². The number of hydrogen-bond acceptors (Lipinski definition) is 7. The summed E-state index contributed by atoms with van der Waals surface area (Å²) in [6, 6.07) is 15.7. The number of hydrogen-bond donors (Lipinski definition) is 0. The van der Waals surface area contributed by atoms with E-state index in [0.29, 0.717) is 11.7 Å². The van der Waals surface area contributed by atoms with E-state index in [4.69, 9.17) is 9.26 Å². The fraction of sp³-hybridized carbons (Fsp3) is 0.300. The molecule has 0 atom stereocenters. The van der Waals surface area contributed by atoms with Gasteiger partial charge in [0.25, 0.3) is 5.89 Å². The lowest BCUT2D eigenvalue weighted by molar-refractivity contribution is 0.0360. The molecule has 0 amide bonds. The molecule has 1 saturated heterocycles. The molecular formula is C20H20N6O2. The van der Waals surface area contributed by atoms with Gasteiger partial charge in [-0.2, -0.15) is 4.98 Å².